The van der Waals surface area contributed by atoms with Crippen LogP contribution in [0.5, 0.6) is 11.5 Å². The Bertz CT molecular complexity index is 887. The summed E-state index contributed by atoms with van der Waals surface area (Å²) in [5.41, 5.74) is 0.890. The Morgan fingerprint density at radius 1 is 1.26 bits per heavy atom. The van der Waals surface area contributed by atoms with Gasteiger partial charge in [-0.25, -0.2) is 0 Å². The molecule has 1 N–H and O–H groups in total. The van der Waals surface area contributed by atoms with Gasteiger partial charge >= 0.3 is 0 Å². The summed E-state index contributed by atoms with van der Waals surface area (Å²) < 4.78 is 10.7. The number of carbonyl (C=O) groups excluding carboxylic acids is 1. The lowest BCUT2D eigenvalue weighted by molar-refractivity contribution is -0.112. The molecule has 0 aliphatic rings. The van der Waals surface area contributed by atoms with Crippen LogP contribution in [0, 0.1) is 11.3 Å². The molecule has 0 aromatic heterocycles. The van der Waals surface area contributed by atoms with Gasteiger partial charge in [-0.05, 0) is 48.9 Å². The Morgan fingerprint density at radius 2 is 1.96 bits per heavy atom. The van der Waals surface area contributed by atoms with Crippen molar-refractivity contribution >= 4 is 40.9 Å². The minimum atomic E-state index is -0.555. The highest BCUT2D eigenvalue weighted by Crippen LogP contribution is 2.34. The van der Waals surface area contributed by atoms with Crippen LogP contribution in [-0.4, -0.2) is 19.6 Å². The number of amides is 1. The van der Waals surface area contributed by atoms with Gasteiger partial charge in [-0.15, -0.1) is 0 Å². The van der Waals surface area contributed by atoms with E-state index in [1.54, 1.807) is 43.5 Å². The Hall–Kier alpha value is -2.68. The lowest BCUT2D eigenvalue weighted by Crippen LogP contribution is -2.13. The van der Waals surface area contributed by atoms with E-state index in [4.69, 9.17) is 32.7 Å². The highest BCUT2D eigenvalue weighted by molar-refractivity contribution is 6.36. The lowest BCUT2D eigenvalue weighted by atomic mass is 10.1. The number of nitrogens with zero attached hydrogens (tertiary/aromatic N) is 1. The topological polar surface area (TPSA) is 71.3 Å². The molecule has 0 spiro atoms. The molecule has 0 bridgehead atoms. The highest BCUT2D eigenvalue weighted by Gasteiger charge is 2.14. The third kappa shape index (κ3) is 5.65. The van der Waals surface area contributed by atoms with Crippen LogP contribution in [-0.2, 0) is 4.79 Å². The average Bonchev–Trinajstić information content (AvgIpc) is 2.65. The van der Waals surface area contributed by atoms with Gasteiger partial charge in [-0.1, -0.05) is 30.1 Å². The van der Waals surface area contributed by atoms with E-state index in [1.807, 2.05) is 13.0 Å². The number of methoxy groups -OCH3 is 1. The van der Waals surface area contributed by atoms with E-state index in [2.05, 4.69) is 5.32 Å². The van der Waals surface area contributed by atoms with Gasteiger partial charge < -0.3 is 14.8 Å². The van der Waals surface area contributed by atoms with Gasteiger partial charge in [-0.3, -0.25) is 4.79 Å². The first-order chi connectivity index (χ1) is 13.0. The number of nitriles is 1. The summed E-state index contributed by atoms with van der Waals surface area (Å²) in [6.45, 7) is 2.41. The van der Waals surface area contributed by atoms with E-state index in [-0.39, 0.29) is 5.57 Å². The normalized spacial score (nSPS) is 10.9. The third-order valence-corrected chi connectivity index (χ3v) is 4.00. The molecule has 7 heteroatoms. The predicted molar refractivity (Wildman–Crippen MR) is 107 cm³/mol. The number of halogens is 2. The zero-order valence-electron chi connectivity index (χ0n) is 14.9. The fourth-order valence-corrected chi connectivity index (χ4v) is 2.78. The van der Waals surface area contributed by atoms with Gasteiger partial charge in [0.15, 0.2) is 0 Å². The van der Waals surface area contributed by atoms with Crippen molar-refractivity contribution in [2.24, 2.45) is 0 Å². The Morgan fingerprint density at radius 3 is 2.56 bits per heavy atom. The SMILES string of the molecule is CCCOc1c(Cl)cc(Cl)cc1/C=C(\C#N)C(=O)Nc1ccc(OC)cc1. The first kappa shape index (κ1) is 20.6. The molecule has 2 aromatic carbocycles. The molecular weight excluding hydrogens is 387 g/mol. The molecule has 2 rings (SSSR count). The smallest absolute Gasteiger partial charge is 0.266 e. The molecule has 0 fully saturated rings. The van der Waals surface area contributed by atoms with Crippen LogP contribution in [0.4, 0.5) is 5.69 Å². The number of anilines is 1. The van der Waals surface area contributed by atoms with Gasteiger partial charge in [-0.2, -0.15) is 5.26 Å². The van der Waals surface area contributed by atoms with Crippen LogP contribution in [0.3, 0.4) is 0 Å². The largest absolute Gasteiger partial charge is 0.497 e. The quantitative estimate of drug-likeness (QED) is 0.499. The molecule has 140 valence electrons. The first-order valence-corrected chi connectivity index (χ1v) is 8.93. The predicted octanol–water partition coefficient (Wildman–Crippen LogP) is 5.34. The van der Waals surface area contributed by atoms with Crippen LogP contribution in [0.15, 0.2) is 42.0 Å². The molecule has 2 aromatic rings. The molecule has 0 aliphatic carbocycles. The van der Waals surface area contributed by atoms with Gasteiger partial charge in [0, 0.05) is 16.3 Å². The number of hydrogen-bond acceptors (Lipinski definition) is 4. The number of benzene rings is 2. The standard InChI is InChI=1S/C20H18Cl2N2O3/c1-3-8-27-19-13(10-15(21)11-18(19)22)9-14(12-23)20(25)24-16-4-6-17(26-2)7-5-16/h4-7,9-11H,3,8H2,1-2H3,(H,24,25)/b14-9+. The number of hydrogen-bond donors (Lipinski definition) is 1. The van der Waals surface area contributed by atoms with Crippen molar-refractivity contribution in [1.29, 1.82) is 5.26 Å². The van der Waals surface area contributed by atoms with Crippen molar-refractivity contribution < 1.29 is 14.3 Å². The third-order valence-electron chi connectivity index (χ3n) is 3.50. The molecule has 0 saturated heterocycles. The van der Waals surface area contributed by atoms with E-state index >= 15 is 0 Å². The minimum absolute atomic E-state index is 0.106. The van der Waals surface area contributed by atoms with Gasteiger partial charge in [0.2, 0.25) is 0 Å². The summed E-state index contributed by atoms with van der Waals surface area (Å²) in [6, 6.07) is 11.8. The molecule has 0 radical (unpaired) electrons. The summed E-state index contributed by atoms with van der Waals surface area (Å²) >= 11 is 12.3. The molecule has 1 amide bonds. The maximum atomic E-state index is 12.5. The number of carbonyl (C=O) groups is 1. The second-order valence-electron chi connectivity index (χ2n) is 5.51. The fraction of sp³-hybridized carbons (Fsp3) is 0.200. The maximum Gasteiger partial charge on any atom is 0.266 e. The maximum absolute atomic E-state index is 12.5. The van der Waals surface area contributed by atoms with Gasteiger partial charge in [0.05, 0.1) is 18.7 Å². The summed E-state index contributed by atoms with van der Waals surface area (Å²) in [4.78, 5) is 12.5. The van der Waals surface area contributed by atoms with Crippen molar-refractivity contribution in [1.82, 2.24) is 0 Å². The summed E-state index contributed by atoms with van der Waals surface area (Å²) in [6.07, 6.45) is 2.19. The molecular formula is C20H18Cl2N2O3. The Balaban J connectivity index is 2.31. The number of nitrogens with one attached hydrogen (secondary N) is 1. The van der Waals surface area contributed by atoms with Crippen molar-refractivity contribution in [2.75, 3.05) is 19.0 Å². The number of ether oxygens (including phenoxy) is 2. The molecule has 0 atom stereocenters. The van der Waals surface area contributed by atoms with E-state index < -0.39 is 5.91 Å². The monoisotopic (exact) mass is 404 g/mol. The molecule has 0 heterocycles. The van der Waals surface area contributed by atoms with Crippen LogP contribution < -0.4 is 14.8 Å². The second-order valence-corrected chi connectivity index (χ2v) is 6.35. The molecule has 0 saturated carbocycles. The van der Waals surface area contributed by atoms with Crippen LogP contribution >= 0.6 is 23.2 Å². The average molecular weight is 405 g/mol. The first-order valence-electron chi connectivity index (χ1n) is 8.17. The van der Waals surface area contributed by atoms with E-state index in [9.17, 15) is 10.1 Å². The summed E-state index contributed by atoms with van der Waals surface area (Å²) in [5.74, 6) is 0.489. The fourth-order valence-electron chi connectivity index (χ4n) is 2.22. The van der Waals surface area contributed by atoms with Gasteiger partial charge in [0.25, 0.3) is 5.91 Å². The van der Waals surface area contributed by atoms with E-state index in [0.717, 1.165) is 6.42 Å². The molecule has 0 unspecified atom stereocenters. The van der Waals surface area contributed by atoms with Crippen molar-refractivity contribution in [3.63, 3.8) is 0 Å². The van der Waals surface area contributed by atoms with E-state index in [0.29, 0.717) is 39.4 Å². The lowest BCUT2D eigenvalue weighted by Gasteiger charge is -2.12. The summed E-state index contributed by atoms with van der Waals surface area (Å²) in [5, 5.41) is 12.8. The zero-order valence-corrected chi connectivity index (χ0v) is 16.4. The van der Waals surface area contributed by atoms with Crippen molar-refractivity contribution in [3.8, 4) is 17.6 Å². The Labute approximate surface area is 168 Å². The zero-order chi connectivity index (χ0) is 19.8. The van der Waals surface area contributed by atoms with Crippen LogP contribution in [0.2, 0.25) is 10.0 Å². The minimum Gasteiger partial charge on any atom is -0.497 e. The molecule has 0 aliphatic heterocycles. The number of rotatable bonds is 7. The summed E-state index contributed by atoms with van der Waals surface area (Å²) in [7, 11) is 1.55. The second kappa shape index (κ2) is 9.86. The Kier molecular flexibility index (Phi) is 7.54. The van der Waals surface area contributed by atoms with Crippen molar-refractivity contribution in [3.05, 3.63) is 57.6 Å². The van der Waals surface area contributed by atoms with Crippen molar-refractivity contribution in [2.45, 2.75) is 13.3 Å². The molecule has 5 nitrogen and oxygen atoms in total. The van der Waals surface area contributed by atoms with Crippen LogP contribution in [0.1, 0.15) is 18.9 Å². The highest BCUT2D eigenvalue weighted by atomic mass is 35.5. The van der Waals surface area contributed by atoms with E-state index in [1.165, 1.54) is 6.08 Å². The van der Waals surface area contributed by atoms with Gasteiger partial charge in [0.1, 0.15) is 23.1 Å². The molecule has 27 heavy (non-hydrogen) atoms. The van der Waals surface area contributed by atoms with Crippen LogP contribution in [0.25, 0.3) is 6.08 Å².